The molecule has 9 heteroatoms. The van der Waals surface area contributed by atoms with Crippen LogP contribution in [0, 0.1) is 5.82 Å². The zero-order valence-electron chi connectivity index (χ0n) is 15.4. The lowest BCUT2D eigenvalue weighted by atomic mass is 10.1. The largest absolute Gasteiger partial charge is 0.486 e. The maximum Gasteiger partial charge on any atom is 0.240 e. The number of amides is 1. The number of ether oxygens (including phenoxy) is 2. The van der Waals surface area contributed by atoms with Gasteiger partial charge in [-0.1, -0.05) is 12.1 Å². The lowest BCUT2D eigenvalue weighted by Gasteiger charge is -2.24. The molecule has 0 aromatic heterocycles. The summed E-state index contributed by atoms with van der Waals surface area (Å²) in [4.78, 5) is 12.3. The van der Waals surface area contributed by atoms with Gasteiger partial charge in [-0.25, -0.2) is 12.8 Å². The van der Waals surface area contributed by atoms with Crippen molar-refractivity contribution in [1.82, 2.24) is 5.32 Å². The Morgan fingerprint density at radius 1 is 1.11 bits per heavy atom. The monoisotopic (exact) mass is 408 g/mol. The maximum absolute atomic E-state index is 12.9. The number of anilines is 1. The van der Waals surface area contributed by atoms with Crippen molar-refractivity contribution in [3.8, 4) is 11.5 Å². The molecule has 3 rings (SSSR count). The van der Waals surface area contributed by atoms with Crippen molar-refractivity contribution >= 4 is 21.6 Å². The highest BCUT2D eigenvalue weighted by molar-refractivity contribution is 7.92. The van der Waals surface area contributed by atoms with E-state index in [2.05, 4.69) is 5.32 Å². The van der Waals surface area contributed by atoms with Gasteiger partial charge in [-0.2, -0.15) is 0 Å². The van der Waals surface area contributed by atoms with E-state index in [0.29, 0.717) is 43.4 Å². The van der Waals surface area contributed by atoms with Gasteiger partial charge in [0.15, 0.2) is 11.5 Å². The highest BCUT2D eigenvalue weighted by Crippen LogP contribution is 2.34. The third-order valence-corrected chi connectivity index (χ3v) is 5.29. The fraction of sp³-hybridized carbons (Fsp3) is 0.316. The number of sulfonamides is 1. The average Bonchev–Trinajstić information content (AvgIpc) is 2.66. The Labute approximate surface area is 163 Å². The maximum atomic E-state index is 12.9. The van der Waals surface area contributed by atoms with Crippen molar-refractivity contribution in [3.05, 3.63) is 53.8 Å². The molecular formula is C19H21FN2O5S. The van der Waals surface area contributed by atoms with Crippen LogP contribution in [-0.4, -0.2) is 46.9 Å². The molecule has 2 aromatic carbocycles. The van der Waals surface area contributed by atoms with E-state index in [1.54, 1.807) is 30.3 Å². The van der Waals surface area contributed by atoms with E-state index < -0.39 is 15.9 Å². The van der Waals surface area contributed by atoms with E-state index in [9.17, 15) is 17.6 Å². The second kappa shape index (κ2) is 8.47. The highest BCUT2D eigenvalue weighted by atomic mass is 32.2. The number of nitrogens with one attached hydrogen (secondary N) is 1. The molecule has 0 bridgehead atoms. The predicted octanol–water partition coefficient (Wildman–Crippen LogP) is 1.72. The fourth-order valence-corrected chi connectivity index (χ4v) is 3.62. The van der Waals surface area contributed by atoms with E-state index in [-0.39, 0.29) is 12.4 Å². The molecule has 7 nitrogen and oxygen atoms in total. The molecule has 2 aromatic rings. The van der Waals surface area contributed by atoms with E-state index in [1.165, 1.54) is 12.1 Å². The van der Waals surface area contributed by atoms with Crippen LogP contribution in [0.5, 0.6) is 11.5 Å². The van der Waals surface area contributed by atoms with Gasteiger partial charge >= 0.3 is 0 Å². The van der Waals surface area contributed by atoms with Crippen LogP contribution in [0.3, 0.4) is 0 Å². The Balaban J connectivity index is 1.64. The van der Waals surface area contributed by atoms with Gasteiger partial charge < -0.3 is 14.8 Å². The summed E-state index contributed by atoms with van der Waals surface area (Å²) in [5, 5.41) is 2.69. The standard InChI is InChI=1S/C19H21FN2O5S/c1-28(24,25)22(16-6-7-17-18(12-16)27-11-10-26-17)13-19(23)21-9-8-14-2-4-15(20)5-3-14/h2-7,12H,8-11,13H2,1H3,(H,21,23). The first-order valence-electron chi connectivity index (χ1n) is 8.71. The van der Waals surface area contributed by atoms with Crippen LogP contribution >= 0.6 is 0 Å². The Hall–Kier alpha value is -2.81. The number of fused-ring (bicyclic) bond motifs is 1. The SMILES string of the molecule is CS(=O)(=O)N(CC(=O)NCCc1ccc(F)cc1)c1ccc2c(c1)OCCO2. The Morgan fingerprint density at radius 3 is 2.46 bits per heavy atom. The van der Waals surface area contributed by atoms with Crippen molar-refractivity contribution < 1.29 is 27.1 Å². The highest BCUT2D eigenvalue weighted by Gasteiger charge is 2.23. The number of carbonyl (C=O) groups is 1. The molecule has 0 fully saturated rings. The van der Waals surface area contributed by atoms with Crippen molar-refractivity contribution in [1.29, 1.82) is 0 Å². The van der Waals surface area contributed by atoms with Gasteiger partial charge in [0.05, 0.1) is 11.9 Å². The number of carbonyl (C=O) groups excluding carboxylic acids is 1. The van der Waals surface area contributed by atoms with Crippen molar-refractivity contribution in [2.75, 3.05) is 36.9 Å². The summed E-state index contributed by atoms with van der Waals surface area (Å²) in [7, 11) is -3.69. The van der Waals surface area contributed by atoms with Crippen molar-refractivity contribution in [3.63, 3.8) is 0 Å². The molecule has 0 spiro atoms. The normalized spacial score (nSPS) is 13.1. The summed E-state index contributed by atoms with van der Waals surface area (Å²) in [5.41, 5.74) is 1.19. The number of hydrogen-bond acceptors (Lipinski definition) is 5. The summed E-state index contributed by atoms with van der Waals surface area (Å²) < 4.78 is 49.2. The number of halogens is 1. The summed E-state index contributed by atoms with van der Waals surface area (Å²) in [6, 6.07) is 10.7. The quantitative estimate of drug-likeness (QED) is 0.754. The molecule has 1 amide bonds. The Kier molecular flexibility index (Phi) is 6.03. The Morgan fingerprint density at radius 2 is 1.79 bits per heavy atom. The van der Waals surface area contributed by atoms with Gasteiger partial charge in [0.2, 0.25) is 15.9 Å². The minimum absolute atomic E-state index is 0.309. The van der Waals surface area contributed by atoms with Gasteiger partial charge in [-0.05, 0) is 36.2 Å². The van der Waals surface area contributed by atoms with Gasteiger partial charge in [-0.15, -0.1) is 0 Å². The minimum Gasteiger partial charge on any atom is -0.486 e. The number of nitrogens with zero attached hydrogens (tertiary/aromatic N) is 1. The molecule has 0 radical (unpaired) electrons. The van der Waals surface area contributed by atoms with Gasteiger partial charge in [0.25, 0.3) is 0 Å². The molecule has 0 aliphatic carbocycles. The summed E-state index contributed by atoms with van der Waals surface area (Å²) in [6.07, 6.45) is 1.55. The van der Waals surface area contributed by atoms with E-state index in [1.807, 2.05) is 0 Å². The van der Waals surface area contributed by atoms with Crippen LogP contribution in [0.25, 0.3) is 0 Å². The zero-order chi connectivity index (χ0) is 20.1. The molecule has 1 N–H and O–H groups in total. The van der Waals surface area contributed by atoms with Crippen molar-refractivity contribution in [2.24, 2.45) is 0 Å². The zero-order valence-corrected chi connectivity index (χ0v) is 16.2. The molecular weight excluding hydrogens is 387 g/mol. The number of hydrogen-bond donors (Lipinski definition) is 1. The molecule has 1 aliphatic rings. The molecule has 1 heterocycles. The molecule has 0 saturated carbocycles. The van der Waals surface area contributed by atoms with Crippen LogP contribution in [0.2, 0.25) is 0 Å². The topological polar surface area (TPSA) is 84.9 Å². The van der Waals surface area contributed by atoms with Gasteiger partial charge in [-0.3, -0.25) is 9.10 Å². The second-order valence-corrected chi connectivity index (χ2v) is 8.23. The number of rotatable bonds is 7. The molecule has 28 heavy (non-hydrogen) atoms. The molecule has 0 unspecified atom stereocenters. The van der Waals surface area contributed by atoms with Crippen molar-refractivity contribution in [2.45, 2.75) is 6.42 Å². The van der Waals surface area contributed by atoms with Crippen LogP contribution < -0.4 is 19.1 Å². The number of benzene rings is 2. The summed E-state index contributed by atoms with van der Waals surface area (Å²) in [5.74, 6) is 0.208. The predicted molar refractivity (Wildman–Crippen MR) is 103 cm³/mol. The lowest BCUT2D eigenvalue weighted by molar-refractivity contribution is -0.119. The third kappa shape index (κ3) is 5.13. The van der Waals surface area contributed by atoms with Gasteiger partial charge in [0, 0.05) is 12.6 Å². The van der Waals surface area contributed by atoms with Crippen LogP contribution in [0.1, 0.15) is 5.56 Å². The van der Waals surface area contributed by atoms with E-state index in [4.69, 9.17) is 9.47 Å². The van der Waals surface area contributed by atoms with E-state index in [0.717, 1.165) is 16.1 Å². The molecule has 0 saturated heterocycles. The van der Waals surface area contributed by atoms with Crippen LogP contribution in [0.4, 0.5) is 10.1 Å². The van der Waals surface area contributed by atoms with Gasteiger partial charge in [0.1, 0.15) is 25.6 Å². The fourth-order valence-electron chi connectivity index (χ4n) is 2.77. The Bertz CT molecular complexity index is 947. The third-order valence-electron chi connectivity index (χ3n) is 4.15. The minimum atomic E-state index is -3.69. The molecule has 1 aliphatic heterocycles. The summed E-state index contributed by atoms with van der Waals surface area (Å²) >= 11 is 0. The first-order valence-corrected chi connectivity index (χ1v) is 10.6. The first-order chi connectivity index (χ1) is 13.3. The molecule has 150 valence electrons. The van der Waals surface area contributed by atoms with E-state index >= 15 is 0 Å². The van der Waals surface area contributed by atoms with Crippen LogP contribution in [0.15, 0.2) is 42.5 Å². The lowest BCUT2D eigenvalue weighted by Crippen LogP contribution is -2.41. The smallest absolute Gasteiger partial charge is 0.240 e. The summed E-state index contributed by atoms with van der Waals surface area (Å²) in [6.45, 7) is 0.753. The molecule has 0 atom stereocenters. The van der Waals surface area contributed by atoms with Crippen LogP contribution in [-0.2, 0) is 21.2 Å². The average molecular weight is 408 g/mol. The first kappa shape index (κ1) is 19.9. The second-order valence-electron chi connectivity index (χ2n) is 6.32.